The number of anilines is 1. The third-order valence-corrected chi connectivity index (χ3v) is 3.68. The van der Waals surface area contributed by atoms with E-state index in [4.69, 9.17) is 11.6 Å². The number of aryl methyl sites for hydroxylation is 1. The van der Waals surface area contributed by atoms with Crippen LogP contribution < -0.4 is 5.32 Å². The first-order valence-corrected chi connectivity index (χ1v) is 6.98. The Bertz CT molecular complexity index is 620. The molecule has 19 heavy (non-hydrogen) atoms. The molecule has 0 aliphatic carbocycles. The second-order valence-corrected chi connectivity index (χ2v) is 5.71. The minimum absolute atomic E-state index is 0.155. The quantitative estimate of drug-likeness (QED) is 0.823. The molecule has 0 spiro atoms. The predicted octanol–water partition coefficient (Wildman–Crippen LogP) is 4.97. The number of halogens is 2. The number of rotatable bonds is 2. The van der Waals surface area contributed by atoms with E-state index in [1.54, 1.807) is 18.2 Å². The highest BCUT2D eigenvalue weighted by atomic mass is 79.9. The van der Waals surface area contributed by atoms with Gasteiger partial charge in [0.15, 0.2) is 0 Å². The number of hydrogen-bond acceptors (Lipinski definition) is 1. The van der Waals surface area contributed by atoms with Gasteiger partial charge in [-0.25, -0.2) is 0 Å². The Morgan fingerprint density at radius 3 is 2.63 bits per heavy atom. The zero-order valence-electron chi connectivity index (χ0n) is 10.6. The molecule has 0 saturated heterocycles. The first kappa shape index (κ1) is 14.1. The molecule has 0 radical (unpaired) electrons. The van der Waals surface area contributed by atoms with Crippen LogP contribution >= 0.6 is 27.5 Å². The van der Waals surface area contributed by atoms with Crippen molar-refractivity contribution in [2.45, 2.75) is 13.8 Å². The Labute approximate surface area is 125 Å². The molecule has 0 heterocycles. The highest BCUT2D eigenvalue weighted by molar-refractivity contribution is 9.10. The van der Waals surface area contributed by atoms with E-state index in [-0.39, 0.29) is 5.91 Å². The summed E-state index contributed by atoms with van der Waals surface area (Å²) in [6.07, 6.45) is 0. The maximum atomic E-state index is 12.2. The van der Waals surface area contributed by atoms with Crippen LogP contribution in [0.15, 0.2) is 40.9 Å². The van der Waals surface area contributed by atoms with Crippen LogP contribution in [0.1, 0.15) is 21.5 Å². The third kappa shape index (κ3) is 3.37. The van der Waals surface area contributed by atoms with Crippen molar-refractivity contribution in [1.29, 1.82) is 0 Å². The largest absolute Gasteiger partial charge is 0.322 e. The van der Waals surface area contributed by atoms with Crippen LogP contribution in [0.5, 0.6) is 0 Å². The molecule has 0 aromatic heterocycles. The third-order valence-electron chi connectivity index (χ3n) is 2.81. The summed E-state index contributed by atoms with van der Waals surface area (Å²) in [5, 5.41) is 3.48. The molecule has 0 aliphatic heterocycles. The van der Waals surface area contributed by atoms with Crippen molar-refractivity contribution in [2.75, 3.05) is 5.32 Å². The SMILES string of the molecule is Cc1cc(Br)cc(NC(=O)c2cccc(Cl)c2C)c1. The Kier molecular flexibility index (Phi) is 4.27. The summed E-state index contributed by atoms with van der Waals surface area (Å²) in [5.74, 6) is -0.155. The molecule has 0 saturated carbocycles. The highest BCUT2D eigenvalue weighted by Gasteiger charge is 2.11. The van der Waals surface area contributed by atoms with Gasteiger partial charge < -0.3 is 5.32 Å². The Hall–Kier alpha value is -1.32. The van der Waals surface area contributed by atoms with Crippen molar-refractivity contribution in [3.05, 3.63) is 62.6 Å². The summed E-state index contributed by atoms with van der Waals surface area (Å²) < 4.78 is 0.936. The van der Waals surface area contributed by atoms with Crippen LogP contribution in [0.2, 0.25) is 5.02 Å². The fraction of sp³-hybridized carbons (Fsp3) is 0.133. The summed E-state index contributed by atoms with van der Waals surface area (Å²) in [6, 6.07) is 11.1. The van der Waals surface area contributed by atoms with Gasteiger partial charge in [0.05, 0.1) is 0 Å². The van der Waals surface area contributed by atoms with E-state index in [1.165, 1.54) is 0 Å². The van der Waals surface area contributed by atoms with Gasteiger partial charge in [0.2, 0.25) is 0 Å². The lowest BCUT2D eigenvalue weighted by molar-refractivity contribution is 0.102. The summed E-state index contributed by atoms with van der Waals surface area (Å²) in [5.41, 5.74) is 3.21. The van der Waals surface area contributed by atoms with E-state index in [0.29, 0.717) is 10.6 Å². The van der Waals surface area contributed by atoms with Gasteiger partial charge in [-0.15, -0.1) is 0 Å². The monoisotopic (exact) mass is 337 g/mol. The van der Waals surface area contributed by atoms with Crippen molar-refractivity contribution < 1.29 is 4.79 Å². The zero-order chi connectivity index (χ0) is 14.0. The van der Waals surface area contributed by atoms with Crippen LogP contribution in [0.3, 0.4) is 0 Å². The highest BCUT2D eigenvalue weighted by Crippen LogP contribution is 2.22. The van der Waals surface area contributed by atoms with E-state index in [1.807, 2.05) is 32.0 Å². The molecule has 0 unspecified atom stereocenters. The summed E-state index contributed by atoms with van der Waals surface area (Å²) in [7, 11) is 0. The van der Waals surface area contributed by atoms with Crippen molar-refractivity contribution in [1.82, 2.24) is 0 Å². The number of nitrogens with one attached hydrogen (secondary N) is 1. The normalized spacial score (nSPS) is 10.3. The van der Waals surface area contributed by atoms with Crippen molar-refractivity contribution in [3.8, 4) is 0 Å². The fourth-order valence-electron chi connectivity index (χ4n) is 1.86. The maximum absolute atomic E-state index is 12.2. The van der Waals surface area contributed by atoms with Crippen LogP contribution in [-0.2, 0) is 0 Å². The second kappa shape index (κ2) is 5.76. The lowest BCUT2D eigenvalue weighted by Crippen LogP contribution is -2.13. The molecular formula is C15H13BrClNO. The molecule has 2 rings (SSSR count). The van der Waals surface area contributed by atoms with Crippen molar-refractivity contribution >= 4 is 39.1 Å². The molecule has 4 heteroatoms. The molecule has 2 nitrogen and oxygen atoms in total. The molecule has 98 valence electrons. The minimum atomic E-state index is -0.155. The van der Waals surface area contributed by atoms with E-state index >= 15 is 0 Å². The number of benzene rings is 2. The van der Waals surface area contributed by atoms with Crippen molar-refractivity contribution in [3.63, 3.8) is 0 Å². The van der Waals surface area contributed by atoms with Crippen LogP contribution in [-0.4, -0.2) is 5.91 Å². The predicted molar refractivity (Wildman–Crippen MR) is 83.0 cm³/mol. The van der Waals surface area contributed by atoms with E-state index in [9.17, 15) is 4.79 Å². The molecule has 0 bridgehead atoms. The molecular weight excluding hydrogens is 326 g/mol. The number of carbonyl (C=O) groups is 1. The van der Waals surface area contributed by atoms with Crippen molar-refractivity contribution in [2.24, 2.45) is 0 Å². The van der Waals surface area contributed by atoms with Crippen LogP contribution in [0.25, 0.3) is 0 Å². The topological polar surface area (TPSA) is 29.1 Å². The molecule has 1 N–H and O–H groups in total. The van der Waals surface area contributed by atoms with Crippen LogP contribution in [0, 0.1) is 13.8 Å². The van der Waals surface area contributed by atoms with E-state index < -0.39 is 0 Å². The average molecular weight is 339 g/mol. The molecule has 0 fully saturated rings. The smallest absolute Gasteiger partial charge is 0.255 e. The molecule has 2 aromatic rings. The Morgan fingerprint density at radius 2 is 1.95 bits per heavy atom. The van der Waals surface area contributed by atoms with Gasteiger partial charge in [-0.2, -0.15) is 0 Å². The van der Waals surface area contributed by atoms with Gasteiger partial charge in [0.1, 0.15) is 0 Å². The lowest BCUT2D eigenvalue weighted by Gasteiger charge is -2.09. The standard InChI is InChI=1S/C15H13BrClNO/c1-9-6-11(16)8-12(7-9)18-15(19)13-4-3-5-14(17)10(13)2/h3-8H,1-2H3,(H,18,19). The van der Waals surface area contributed by atoms with Gasteiger partial charge in [-0.3, -0.25) is 4.79 Å². The van der Waals surface area contributed by atoms with E-state index in [0.717, 1.165) is 21.3 Å². The van der Waals surface area contributed by atoms with E-state index in [2.05, 4.69) is 21.2 Å². The summed E-state index contributed by atoms with van der Waals surface area (Å²) in [4.78, 5) is 12.2. The molecule has 0 aliphatic rings. The fourth-order valence-corrected chi connectivity index (χ4v) is 2.64. The number of amides is 1. The second-order valence-electron chi connectivity index (χ2n) is 4.38. The maximum Gasteiger partial charge on any atom is 0.255 e. The van der Waals surface area contributed by atoms with Gasteiger partial charge in [0, 0.05) is 20.7 Å². The summed E-state index contributed by atoms with van der Waals surface area (Å²) >= 11 is 9.44. The Balaban J connectivity index is 2.28. The average Bonchev–Trinajstić information content (AvgIpc) is 2.31. The molecule has 1 amide bonds. The zero-order valence-corrected chi connectivity index (χ0v) is 13.0. The van der Waals surface area contributed by atoms with Crippen LogP contribution in [0.4, 0.5) is 5.69 Å². The Morgan fingerprint density at radius 1 is 1.21 bits per heavy atom. The first-order chi connectivity index (χ1) is 8.97. The first-order valence-electron chi connectivity index (χ1n) is 5.81. The van der Waals surface area contributed by atoms with Gasteiger partial charge in [-0.05, 0) is 55.3 Å². The molecule has 0 atom stereocenters. The number of hydrogen-bond donors (Lipinski definition) is 1. The molecule has 2 aromatic carbocycles. The minimum Gasteiger partial charge on any atom is -0.322 e. The van der Waals surface area contributed by atoms with Gasteiger partial charge in [-0.1, -0.05) is 33.6 Å². The van der Waals surface area contributed by atoms with Gasteiger partial charge >= 0.3 is 0 Å². The number of carbonyl (C=O) groups excluding carboxylic acids is 1. The lowest BCUT2D eigenvalue weighted by atomic mass is 10.1. The van der Waals surface area contributed by atoms with Gasteiger partial charge in [0.25, 0.3) is 5.91 Å². The summed E-state index contributed by atoms with van der Waals surface area (Å²) in [6.45, 7) is 3.81.